The molecule has 0 saturated heterocycles. The molecule has 32 heteroatoms. The fourth-order valence-corrected chi connectivity index (χ4v) is 11.8. The van der Waals surface area contributed by atoms with Crippen LogP contribution in [-0.4, -0.2) is 182 Å². The first-order chi connectivity index (χ1) is 48.6. The van der Waals surface area contributed by atoms with Crippen LogP contribution in [0.4, 0.5) is 61.4 Å². The average Bonchev–Trinajstić information content (AvgIpc) is 1.59. The number of carboxylic acid groups (broad SMARTS) is 1. The van der Waals surface area contributed by atoms with Crippen molar-refractivity contribution in [1.29, 1.82) is 0 Å². The Morgan fingerprint density at radius 3 is 1.39 bits per heavy atom. The summed E-state index contributed by atoms with van der Waals surface area (Å²) >= 11 is 0. The molecule has 3 aliphatic rings. The molecule has 3 unspecified atom stereocenters. The van der Waals surface area contributed by atoms with Crippen molar-refractivity contribution in [3.8, 4) is 17.6 Å². The summed E-state index contributed by atoms with van der Waals surface area (Å²) in [6.07, 6.45) is 15.3. The maximum Gasteiger partial charge on any atom is 0.415 e. The molecule has 0 aromatic carbocycles. The molecule has 3 fully saturated rings. The largest absolute Gasteiger partial charge is 0.480 e. The molecule has 0 spiro atoms. The van der Waals surface area contributed by atoms with Crippen LogP contribution in [0, 0.1) is 11.8 Å². The fraction of sp³-hybridized carbons (Fsp3) is 0.443. The molecule has 10 N–H and O–H groups in total. The highest BCUT2D eigenvalue weighted by Gasteiger charge is 2.33. The maximum atomic E-state index is 13.2. The lowest BCUT2D eigenvalue weighted by atomic mass is 9.96. The van der Waals surface area contributed by atoms with Gasteiger partial charge < -0.3 is 71.1 Å². The van der Waals surface area contributed by atoms with Gasteiger partial charge in [0, 0.05) is 82.5 Å². The highest BCUT2D eigenvalue weighted by atomic mass is 16.6. The van der Waals surface area contributed by atoms with Crippen molar-refractivity contribution in [3.05, 3.63) is 115 Å². The number of nitrogens with one attached hydrogen (secondary N) is 4. The van der Waals surface area contributed by atoms with Crippen LogP contribution in [0.15, 0.2) is 97.8 Å². The first-order valence-electron chi connectivity index (χ1n) is 33.4. The Hall–Kier alpha value is -10.8. The predicted molar refractivity (Wildman–Crippen MR) is 382 cm³/mol. The van der Waals surface area contributed by atoms with Gasteiger partial charge in [-0.1, -0.05) is 12.8 Å². The number of ether oxygens (including phenoxy) is 5. The number of carbonyl (C=O) groups excluding carboxylic acids is 4. The third kappa shape index (κ3) is 18.6. The molecular formula is C70H90N18O14. The van der Waals surface area contributed by atoms with Crippen LogP contribution in [-0.2, 0) is 9.47 Å². The number of fused-ring (bicyclic) bond motifs is 3. The second kappa shape index (κ2) is 33.1. The summed E-state index contributed by atoms with van der Waals surface area (Å²) in [4.78, 5) is 87.6. The average molecular weight is 1410 g/mol. The zero-order valence-corrected chi connectivity index (χ0v) is 59.2. The van der Waals surface area contributed by atoms with Gasteiger partial charge >= 0.3 is 18.2 Å². The lowest BCUT2D eigenvalue weighted by Crippen LogP contribution is -2.35. The van der Waals surface area contributed by atoms with Crippen LogP contribution in [0.5, 0.6) is 17.6 Å². The number of aromatic carboxylic acids is 1. The Morgan fingerprint density at radius 2 is 0.980 bits per heavy atom. The molecule has 32 nitrogen and oxygen atoms in total. The SMILES string of the molecule is CNc1cc(Nc2cccnc2OC)nc2c(C(=O)CC3CCC[C@H]3O)cnn12.COc1ncccc1Nc1cc(N(C)C(=O)OC(C)(C)C)n2ncc(C(=O)CC3CCC[C@H]3O)c2n1.COc1ncccc1Nc1cc(N(C)C(=O)OC(C)(C)C)n2ncc(C(=O)O)c2c1.N[C@@H]1CCCC1O. The van der Waals surface area contributed by atoms with E-state index in [1.54, 1.807) is 147 Å². The Kier molecular flexibility index (Phi) is 24.5. The van der Waals surface area contributed by atoms with Crippen LogP contribution in [0.1, 0.15) is 143 Å². The van der Waals surface area contributed by atoms with E-state index in [0.29, 0.717) is 105 Å². The molecule has 3 aliphatic carbocycles. The highest BCUT2D eigenvalue weighted by molar-refractivity contribution is 6.03. The van der Waals surface area contributed by atoms with Crippen molar-refractivity contribution < 1.29 is 68.1 Å². The summed E-state index contributed by atoms with van der Waals surface area (Å²) in [7, 11) is 9.43. The van der Waals surface area contributed by atoms with Crippen molar-refractivity contribution in [2.75, 3.05) is 73.5 Å². The van der Waals surface area contributed by atoms with Crippen molar-refractivity contribution in [2.45, 2.75) is 148 Å². The zero-order valence-electron chi connectivity index (χ0n) is 59.2. The number of amides is 2. The minimum Gasteiger partial charge on any atom is -0.480 e. The lowest BCUT2D eigenvalue weighted by Gasteiger charge is -2.25. The van der Waals surface area contributed by atoms with Crippen LogP contribution in [0.3, 0.4) is 0 Å². The number of ketones is 2. The van der Waals surface area contributed by atoms with Crippen molar-refractivity contribution in [1.82, 2.24) is 53.8 Å². The number of nitrogens with zero attached hydrogens (tertiary/aromatic N) is 13. The Balaban J connectivity index is 0.000000170. The highest BCUT2D eigenvalue weighted by Crippen LogP contribution is 2.36. The van der Waals surface area contributed by atoms with Crippen LogP contribution >= 0.6 is 0 Å². The van der Waals surface area contributed by atoms with E-state index in [-0.39, 0.29) is 53.2 Å². The quantitative estimate of drug-likeness (QED) is 0.0340. The zero-order chi connectivity index (χ0) is 73.7. The Labute approximate surface area is 588 Å². The molecule has 0 radical (unpaired) electrons. The van der Waals surface area contributed by atoms with Gasteiger partial charge in [0.2, 0.25) is 17.6 Å². The summed E-state index contributed by atoms with van der Waals surface area (Å²) in [5, 5.41) is 64.1. The van der Waals surface area contributed by atoms with Gasteiger partial charge in [0.15, 0.2) is 22.9 Å². The molecule has 6 atom stereocenters. The van der Waals surface area contributed by atoms with Crippen molar-refractivity contribution >= 4 is 98.4 Å². The number of hydrogen-bond acceptors (Lipinski definition) is 26. The van der Waals surface area contributed by atoms with E-state index in [1.807, 2.05) is 6.07 Å². The standard InChI is InChI=1S/C25H32N6O5.C20H24N6O3.C20H23N5O5.C5H11NO/c1-25(2,3)36-24(34)30(4)21-13-20(28-17-9-7-11-26-23(17)35-5)29-22-16(14-27-31(21)22)19(33)12-15-8-6-10-18(15)32;1-21-18-10-17(24-14-6-4-8-22-20(14)29-2)25-19-13(11-23-26(18)19)16(28)9-12-5-3-7-15(12)27;1-20(2,3)30-19(28)24(4)16-10-12(23-14-7-6-8-21-17(14)29-5)9-15-13(18(26)27)11-22-25(15)16;6-4-2-1-3-5(4)7/h7,9,11,13-15,18,32H,6,8,10,12H2,1-5H3,(H,28,29);4,6,8,10-12,15,21,27H,3,5,7,9H2,1-2H3,(H,24,25);6-11,23H,1-5H3,(H,26,27);4-5,7H,1-3,6H2/t15?,18-;12?,15-;;4-,5?/m11.1/s1. The van der Waals surface area contributed by atoms with Gasteiger partial charge in [-0.2, -0.15) is 24.3 Å². The van der Waals surface area contributed by atoms with Crippen molar-refractivity contribution in [3.63, 3.8) is 0 Å². The first-order valence-corrected chi connectivity index (χ1v) is 33.4. The maximum absolute atomic E-state index is 13.2. The Bertz CT molecular complexity index is 4430. The summed E-state index contributed by atoms with van der Waals surface area (Å²) < 4.78 is 31.2. The molecule has 0 bridgehead atoms. The van der Waals surface area contributed by atoms with E-state index in [0.717, 1.165) is 51.4 Å². The number of nitrogens with two attached hydrogens (primary N) is 1. The molecule has 3 saturated carbocycles. The predicted octanol–water partition coefficient (Wildman–Crippen LogP) is 10.0. The summed E-state index contributed by atoms with van der Waals surface area (Å²) in [5.74, 6) is 1.97. The number of aliphatic hydroxyl groups is 3. The van der Waals surface area contributed by atoms with Gasteiger partial charge in [-0.15, -0.1) is 0 Å². The molecule has 9 aromatic heterocycles. The minimum atomic E-state index is -1.13. The van der Waals surface area contributed by atoms with E-state index < -0.39 is 41.6 Å². The molecular weight excluding hydrogens is 1320 g/mol. The number of carboxylic acids is 1. The second-order valence-electron chi connectivity index (χ2n) is 26.7. The molecule has 0 aliphatic heterocycles. The van der Waals surface area contributed by atoms with Crippen LogP contribution in [0.2, 0.25) is 0 Å². The normalized spacial score (nSPS) is 17.8. The number of carbonyl (C=O) groups is 5. The molecule has 102 heavy (non-hydrogen) atoms. The van der Waals surface area contributed by atoms with E-state index in [1.165, 1.54) is 52.5 Å². The van der Waals surface area contributed by atoms with Crippen molar-refractivity contribution in [2.24, 2.45) is 17.6 Å². The lowest BCUT2D eigenvalue weighted by molar-refractivity contribution is 0.0577. The third-order valence-electron chi connectivity index (χ3n) is 17.0. The van der Waals surface area contributed by atoms with Gasteiger partial charge in [0.25, 0.3) is 0 Å². The number of hydrogen-bond donors (Lipinski definition) is 9. The molecule has 2 amide bonds. The van der Waals surface area contributed by atoms with Gasteiger partial charge in [-0.3, -0.25) is 19.4 Å². The van der Waals surface area contributed by atoms with E-state index >= 15 is 0 Å². The number of anilines is 9. The number of methoxy groups -OCH3 is 3. The van der Waals surface area contributed by atoms with Gasteiger partial charge in [0.05, 0.1) is 74.9 Å². The van der Waals surface area contributed by atoms with Gasteiger partial charge in [-0.25, -0.2) is 43.8 Å². The van der Waals surface area contributed by atoms with Crippen LogP contribution in [0.25, 0.3) is 16.8 Å². The molecule has 12 rings (SSSR count). The first kappa shape index (κ1) is 75.4. The number of Topliss-reactive ketones (excluding diaryl/α,β-unsaturated/α-hetero) is 2. The summed E-state index contributed by atoms with van der Waals surface area (Å²) in [6.45, 7) is 10.6. The number of pyridine rings is 4. The fourth-order valence-electron chi connectivity index (χ4n) is 11.8. The number of rotatable bonds is 19. The number of aromatic nitrogens is 11. The van der Waals surface area contributed by atoms with E-state index in [9.17, 15) is 39.3 Å². The van der Waals surface area contributed by atoms with E-state index in [4.69, 9.17) is 34.5 Å². The summed E-state index contributed by atoms with van der Waals surface area (Å²) in [5.41, 5.74) is 8.15. The third-order valence-corrected chi connectivity index (χ3v) is 17.0. The van der Waals surface area contributed by atoms with Gasteiger partial charge in [0.1, 0.15) is 62.9 Å². The smallest absolute Gasteiger partial charge is 0.415 e. The summed E-state index contributed by atoms with van der Waals surface area (Å²) in [6, 6.07) is 17.4. The van der Waals surface area contributed by atoms with E-state index in [2.05, 4.69) is 61.5 Å². The molecule has 544 valence electrons. The molecule has 9 heterocycles. The monoisotopic (exact) mass is 1410 g/mol. The van der Waals surface area contributed by atoms with Crippen LogP contribution < -0.4 is 51.0 Å². The number of aliphatic hydroxyl groups excluding tert-OH is 3. The minimum absolute atomic E-state index is 0.00202. The molecule has 9 aromatic rings. The Morgan fingerprint density at radius 1 is 0.559 bits per heavy atom. The topological polar surface area (TPSA) is 409 Å². The second-order valence-corrected chi connectivity index (χ2v) is 26.7. The van der Waals surface area contributed by atoms with Gasteiger partial charge in [-0.05, 0) is 141 Å².